The topological polar surface area (TPSA) is 81.4 Å². The zero-order valence-corrected chi connectivity index (χ0v) is 19.8. The minimum absolute atomic E-state index is 0.181. The van der Waals surface area contributed by atoms with Gasteiger partial charge in [-0.05, 0) is 43.7 Å². The number of hydrazone groups is 1. The lowest BCUT2D eigenvalue weighted by molar-refractivity contribution is -0.118. The average Bonchev–Trinajstić information content (AvgIpc) is 3.27. The molecule has 1 heterocycles. The third-order valence-electron chi connectivity index (χ3n) is 4.92. The lowest BCUT2D eigenvalue weighted by Gasteiger charge is -2.07. The number of hydrogen-bond acceptors (Lipinski definition) is 6. The summed E-state index contributed by atoms with van der Waals surface area (Å²) in [7, 11) is 0. The Hall–Kier alpha value is -3.91. The van der Waals surface area contributed by atoms with Crippen LogP contribution in [0.2, 0.25) is 0 Å². The highest BCUT2D eigenvalue weighted by Crippen LogP contribution is 2.24. The van der Waals surface area contributed by atoms with E-state index in [0.717, 1.165) is 22.7 Å². The van der Waals surface area contributed by atoms with Gasteiger partial charge < -0.3 is 9.30 Å². The molecule has 0 saturated carbocycles. The van der Waals surface area contributed by atoms with Gasteiger partial charge in [-0.3, -0.25) is 4.79 Å². The number of amides is 1. The van der Waals surface area contributed by atoms with Crippen molar-refractivity contribution < 1.29 is 9.53 Å². The standard InChI is InChI=1S/C26H25N5O2S/c1-3-31-25(21-14-12-19(2)13-15-21)29-30-26(31)34-18-24(32)28-27-17-20-8-7-11-23(16-20)33-22-9-5-4-6-10-22/h4-17H,3,18H2,1-2H3,(H,28,32). The summed E-state index contributed by atoms with van der Waals surface area (Å²) in [5.74, 6) is 2.20. The fourth-order valence-electron chi connectivity index (χ4n) is 3.22. The fraction of sp³-hybridized carbons (Fsp3) is 0.154. The Bertz CT molecular complexity index is 1270. The molecular formula is C26H25N5O2S. The molecule has 1 N–H and O–H groups in total. The molecule has 0 aliphatic rings. The van der Waals surface area contributed by atoms with Gasteiger partial charge in [0.1, 0.15) is 11.5 Å². The Balaban J connectivity index is 1.32. The summed E-state index contributed by atoms with van der Waals surface area (Å²) in [5.41, 5.74) is 5.57. The SMILES string of the molecule is CCn1c(SCC(=O)NN=Cc2cccc(Oc3ccccc3)c2)nnc1-c1ccc(C)cc1. The minimum atomic E-state index is -0.222. The van der Waals surface area contributed by atoms with Gasteiger partial charge in [0.15, 0.2) is 11.0 Å². The van der Waals surface area contributed by atoms with E-state index in [-0.39, 0.29) is 11.7 Å². The van der Waals surface area contributed by atoms with Crippen molar-refractivity contribution >= 4 is 23.9 Å². The maximum Gasteiger partial charge on any atom is 0.250 e. The Labute approximate surface area is 202 Å². The second-order valence-electron chi connectivity index (χ2n) is 7.49. The van der Waals surface area contributed by atoms with Gasteiger partial charge in [0.2, 0.25) is 0 Å². The van der Waals surface area contributed by atoms with Crippen molar-refractivity contribution in [2.75, 3.05) is 5.75 Å². The monoisotopic (exact) mass is 471 g/mol. The molecule has 8 heteroatoms. The van der Waals surface area contributed by atoms with Gasteiger partial charge in [-0.2, -0.15) is 5.10 Å². The molecule has 4 rings (SSSR count). The van der Waals surface area contributed by atoms with Crippen LogP contribution in [-0.2, 0) is 11.3 Å². The van der Waals surface area contributed by atoms with Crippen LogP contribution in [0.25, 0.3) is 11.4 Å². The van der Waals surface area contributed by atoms with E-state index in [0.29, 0.717) is 17.5 Å². The molecule has 0 bridgehead atoms. The molecule has 0 aliphatic carbocycles. The van der Waals surface area contributed by atoms with Gasteiger partial charge in [-0.1, -0.05) is 71.9 Å². The fourth-order valence-corrected chi connectivity index (χ4v) is 4.02. The summed E-state index contributed by atoms with van der Waals surface area (Å²) in [6.45, 7) is 4.79. The summed E-state index contributed by atoms with van der Waals surface area (Å²) in [5, 5.41) is 13.4. The third-order valence-corrected chi connectivity index (χ3v) is 5.88. The maximum absolute atomic E-state index is 12.3. The number of nitrogens with zero attached hydrogens (tertiary/aromatic N) is 4. The van der Waals surface area contributed by atoms with E-state index in [2.05, 4.69) is 20.7 Å². The number of carbonyl (C=O) groups is 1. The predicted octanol–water partition coefficient (Wildman–Crippen LogP) is 5.31. The molecule has 1 amide bonds. The molecule has 7 nitrogen and oxygen atoms in total. The van der Waals surface area contributed by atoms with Crippen molar-refractivity contribution in [2.24, 2.45) is 5.10 Å². The summed E-state index contributed by atoms with van der Waals surface area (Å²) < 4.78 is 7.83. The van der Waals surface area contributed by atoms with Crippen molar-refractivity contribution in [2.45, 2.75) is 25.5 Å². The van der Waals surface area contributed by atoms with Crippen molar-refractivity contribution in [3.63, 3.8) is 0 Å². The number of para-hydroxylation sites is 1. The van der Waals surface area contributed by atoms with Crippen LogP contribution in [0.15, 0.2) is 89.1 Å². The molecule has 3 aromatic carbocycles. The summed E-state index contributed by atoms with van der Waals surface area (Å²) in [6.07, 6.45) is 1.59. The van der Waals surface area contributed by atoms with Crippen LogP contribution < -0.4 is 10.2 Å². The highest BCUT2D eigenvalue weighted by atomic mass is 32.2. The minimum Gasteiger partial charge on any atom is -0.457 e. The molecule has 172 valence electrons. The Kier molecular flexibility index (Phi) is 7.72. The second kappa shape index (κ2) is 11.3. The Morgan fingerprint density at radius 2 is 1.79 bits per heavy atom. The van der Waals surface area contributed by atoms with Crippen LogP contribution in [0.4, 0.5) is 0 Å². The molecule has 1 aromatic heterocycles. The molecule has 0 fully saturated rings. The van der Waals surface area contributed by atoms with Gasteiger partial charge in [0.05, 0.1) is 12.0 Å². The van der Waals surface area contributed by atoms with E-state index in [1.165, 1.54) is 17.3 Å². The zero-order chi connectivity index (χ0) is 23.8. The van der Waals surface area contributed by atoms with Crippen molar-refractivity contribution in [3.05, 3.63) is 90.0 Å². The van der Waals surface area contributed by atoms with Crippen molar-refractivity contribution in [1.82, 2.24) is 20.2 Å². The van der Waals surface area contributed by atoms with Crippen molar-refractivity contribution in [3.8, 4) is 22.9 Å². The smallest absolute Gasteiger partial charge is 0.250 e. The molecular weight excluding hydrogens is 446 g/mol. The number of carbonyl (C=O) groups excluding carboxylic acids is 1. The molecule has 0 atom stereocenters. The first-order valence-electron chi connectivity index (χ1n) is 10.9. The first kappa shape index (κ1) is 23.3. The quantitative estimate of drug-likeness (QED) is 0.203. The van der Waals surface area contributed by atoms with Gasteiger partial charge in [0.25, 0.3) is 5.91 Å². The largest absolute Gasteiger partial charge is 0.457 e. The highest BCUT2D eigenvalue weighted by Gasteiger charge is 2.14. The number of rotatable bonds is 9. The molecule has 4 aromatic rings. The second-order valence-corrected chi connectivity index (χ2v) is 8.43. The van der Waals surface area contributed by atoms with E-state index in [9.17, 15) is 4.79 Å². The maximum atomic E-state index is 12.3. The van der Waals surface area contributed by atoms with E-state index in [1.54, 1.807) is 6.21 Å². The van der Waals surface area contributed by atoms with Gasteiger partial charge in [0, 0.05) is 12.1 Å². The normalized spacial score (nSPS) is 11.0. The number of ether oxygens (including phenoxy) is 1. The van der Waals surface area contributed by atoms with E-state index in [4.69, 9.17) is 4.74 Å². The molecule has 0 unspecified atom stereocenters. The van der Waals surface area contributed by atoms with Crippen molar-refractivity contribution in [1.29, 1.82) is 0 Å². The van der Waals surface area contributed by atoms with Crippen LogP contribution in [-0.4, -0.2) is 32.6 Å². The summed E-state index contributed by atoms with van der Waals surface area (Å²) >= 11 is 1.33. The summed E-state index contributed by atoms with van der Waals surface area (Å²) in [4.78, 5) is 12.3. The zero-order valence-electron chi connectivity index (χ0n) is 19.0. The first-order valence-corrected chi connectivity index (χ1v) is 11.9. The van der Waals surface area contributed by atoms with Crippen LogP contribution in [0.1, 0.15) is 18.1 Å². The lowest BCUT2D eigenvalue weighted by Crippen LogP contribution is -2.20. The lowest BCUT2D eigenvalue weighted by atomic mass is 10.1. The Morgan fingerprint density at radius 3 is 2.56 bits per heavy atom. The molecule has 0 radical (unpaired) electrons. The number of thioether (sulfide) groups is 1. The highest BCUT2D eigenvalue weighted by molar-refractivity contribution is 7.99. The van der Waals surface area contributed by atoms with Crippen LogP contribution >= 0.6 is 11.8 Å². The predicted molar refractivity (Wildman–Crippen MR) is 135 cm³/mol. The Morgan fingerprint density at radius 1 is 1.03 bits per heavy atom. The average molecular weight is 472 g/mol. The van der Waals surface area contributed by atoms with Crippen LogP contribution in [0, 0.1) is 6.92 Å². The van der Waals surface area contributed by atoms with Gasteiger partial charge in [-0.15, -0.1) is 10.2 Å². The molecule has 0 saturated heterocycles. The molecule has 34 heavy (non-hydrogen) atoms. The van der Waals surface area contributed by atoms with Gasteiger partial charge in [-0.25, -0.2) is 5.43 Å². The molecule has 0 spiro atoms. The van der Waals surface area contributed by atoms with E-state index < -0.39 is 0 Å². The number of aryl methyl sites for hydroxylation is 1. The number of hydrogen-bond donors (Lipinski definition) is 1. The number of benzene rings is 3. The first-order chi connectivity index (χ1) is 16.6. The number of nitrogens with one attached hydrogen (secondary N) is 1. The molecule has 0 aliphatic heterocycles. The number of aromatic nitrogens is 3. The van der Waals surface area contributed by atoms with Crippen LogP contribution in [0.5, 0.6) is 11.5 Å². The van der Waals surface area contributed by atoms with E-state index in [1.807, 2.05) is 97.3 Å². The third kappa shape index (κ3) is 6.11. The van der Waals surface area contributed by atoms with Gasteiger partial charge >= 0.3 is 0 Å². The summed E-state index contributed by atoms with van der Waals surface area (Å²) in [6, 6.07) is 25.2. The van der Waals surface area contributed by atoms with Crippen LogP contribution in [0.3, 0.4) is 0 Å². The van der Waals surface area contributed by atoms with E-state index >= 15 is 0 Å².